The van der Waals surface area contributed by atoms with Crippen molar-refractivity contribution >= 4 is 11.6 Å². The molecule has 0 aliphatic carbocycles. The van der Waals surface area contributed by atoms with Crippen LogP contribution in [0.3, 0.4) is 0 Å². The summed E-state index contributed by atoms with van der Waals surface area (Å²) in [5.41, 5.74) is 4.49. The van der Waals surface area contributed by atoms with Crippen molar-refractivity contribution in [3.05, 3.63) is 64.7 Å². The molecule has 1 unspecified atom stereocenters. The molecule has 0 aliphatic heterocycles. The minimum absolute atomic E-state index is 0.178. The summed E-state index contributed by atoms with van der Waals surface area (Å²) >= 11 is 6.02. The number of pyridine rings is 1. The number of hydrogen-bond donors (Lipinski definition) is 2. The quantitative estimate of drug-likeness (QED) is 0.660. The number of aromatic nitrogens is 1. The molecule has 3 nitrogen and oxygen atoms in total. The Hall–Kier alpha value is -1.49. The molecular formula is C13H13ClFN3. The van der Waals surface area contributed by atoms with Gasteiger partial charge in [0.15, 0.2) is 0 Å². The molecule has 0 saturated heterocycles. The van der Waals surface area contributed by atoms with Gasteiger partial charge in [-0.15, -0.1) is 0 Å². The molecule has 0 aliphatic rings. The van der Waals surface area contributed by atoms with Crippen LogP contribution in [0, 0.1) is 5.82 Å². The van der Waals surface area contributed by atoms with Crippen molar-refractivity contribution in [2.45, 2.75) is 12.5 Å². The molecule has 0 fully saturated rings. The second-order valence-corrected chi connectivity index (χ2v) is 4.36. The van der Waals surface area contributed by atoms with Crippen LogP contribution in [0.5, 0.6) is 0 Å². The maximum absolute atomic E-state index is 13.0. The highest BCUT2D eigenvalue weighted by molar-refractivity contribution is 6.31. The average molecular weight is 266 g/mol. The fraction of sp³-hybridized carbons (Fsp3) is 0.154. The third-order valence-electron chi connectivity index (χ3n) is 2.70. The molecule has 1 aromatic carbocycles. The number of halogens is 2. The smallest absolute Gasteiger partial charge is 0.124 e. The summed E-state index contributed by atoms with van der Waals surface area (Å²) in [7, 11) is 0. The monoisotopic (exact) mass is 265 g/mol. The van der Waals surface area contributed by atoms with E-state index in [0.29, 0.717) is 11.4 Å². The van der Waals surface area contributed by atoms with Crippen molar-refractivity contribution in [3.63, 3.8) is 0 Å². The maximum atomic E-state index is 13.0. The van der Waals surface area contributed by atoms with Gasteiger partial charge in [0.1, 0.15) is 5.82 Å². The number of rotatable bonds is 4. The zero-order valence-electron chi connectivity index (χ0n) is 9.61. The fourth-order valence-corrected chi connectivity index (χ4v) is 2.10. The Morgan fingerprint density at radius 3 is 2.83 bits per heavy atom. The zero-order valence-corrected chi connectivity index (χ0v) is 10.4. The second kappa shape index (κ2) is 5.91. The number of benzene rings is 1. The number of hydrazine groups is 1. The molecule has 1 atom stereocenters. The molecule has 0 amide bonds. The second-order valence-electron chi connectivity index (χ2n) is 3.95. The Morgan fingerprint density at radius 2 is 2.22 bits per heavy atom. The summed E-state index contributed by atoms with van der Waals surface area (Å²) in [6.07, 6.45) is 4.11. The van der Waals surface area contributed by atoms with Crippen LogP contribution in [0.1, 0.15) is 17.2 Å². The van der Waals surface area contributed by atoms with E-state index in [2.05, 4.69) is 10.4 Å². The number of nitrogens with one attached hydrogen (secondary N) is 1. The minimum atomic E-state index is -0.360. The molecule has 2 aromatic rings. The van der Waals surface area contributed by atoms with Crippen molar-refractivity contribution in [1.29, 1.82) is 0 Å². The SMILES string of the molecule is NNC(Cc1cccnc1)c1ccc(F)cc1Cl. The molecule has 94 valence electrons. The highest BCUT2D eigenvalue weighted by Gasteiger charge is 2.14. The summed E-state index contributed by atoms with van der Waals surface area (Å²) in [6, 6.07) is 7.92. The van der Waals surface area contributed by atoms with Gasteiger partial charge in [0, 0.05) is 17.4 Å². The van der Waals surface area contributed by atoms with Crippen molar-refractivity contribution < 1.29 is 4.39 Å². The molecule has 0 spiro atoms. The Balaban J connectivity index is 2.23. The summed E-state index contributed by atoms with van der Waals surface area (Å²) < 4.78 is 13.0. The lowest BCUT2D eigenvalue weighted by Gasteiger charge is -2.17. The van der Waals surface area contributed by atoms with Crippen molar-refractivity contribution in [2.75, 3.05) is 0 Å². The molecule has 0 radical (unpaired) electrons. The van der Waals surface area contributed by atoms with Crippen molar-refractivity contribution in [3.8, 4) is 0 Å². The van der Waals surface area contributed by atoms with Gasteiger partial charge < -0.3 is 0 Å². The average Bonchev–Trinajstić information content (AvgIpc) is 2.38. The molecule has 5 heteroatoms. The molecule has 3 N–H and O–H groups in total. The highest BCUT2D eigenvalue weighted by atomic mass is 35.5. The maximum Gasteiger partial charge on any atom is 0.124 e. The number of nitrogens with zero attached hydrogens (tertiary/aromatic N) is 1. The van der Waals surface area contributed by atoms with Gasteiger partial charge in [-0.25, -0.2) is 4.39 Å². The third-order valence-corrected chi connectivity index (χ3v) is 3.03. The van der Waals surface area contributed by atoms with Gasteiger partial charge in [-0.2, -0.15) is 0 Å². The van der Waals surface area contributed by atoms with E-state index in [1.165, 1.54) is 12.1 Å². The van der Waals surface area contributed by atoms with E-state index in [4.69, 9.17) is 17.4 Å². The standard InChI is InChI=1S/C13H13ClFN3/c14-12-7-10(15)3-4-11(12)13(18-16)6-9-2-1-5-17-8-9/h1-5,7-8,13,18H,6,16H2. The molecule has 0 bridgehead atoms. The molecule has 2 rings (SSSR count). The van der Waals surface area contributed by atoms with Crippen LogP contribution < -0.4 is 11.3 Å². The van der Waals surface area contributed by atoms with Crippen LogP contribution in [-0.2, 0) is 6.42 Å². The van der Waals surface area contributed by atoms with Crippen LogP contribution >= 0.6 is 11.6 Å². The van der Waals surface area contributed by atoms with Crippen LogP contribution in [-0.4, -0.2) is 4.98 Å². The van der Waals surface area contributed by atoms with Crippen molar-refractivity contribution in [2.24, 2.45) is 5.84 Å². The first-order valence-corrected chi connectivity index (χ1v) is 5.88. The zero-order chi connectivity index (χ0) is 13.0. The van der Waals surface area contributed by atoms with Gasteiger partial charge in [-0.3, -0.25) is 16.3 Å². The van der Waals surface area contributed by atoms with Gasteiger partial charge >= 0.3 is 0 Å². The van der Waals surface area contributed by atoms with Gasteiger partial charge in [-0.1, -0.05) is 23.7 Å². The lowest BCUT2D eigenvalue weighted by atomic mass is 10.0. The van der Waals surface area contributed by atoms with E-state index in [9.17, 15) is 4.39 Å². The van der Waals surface area contributed by atoms with E-state index in [-0.39, 0.29) is 11.9 Å². The highest BCUT2D eigenvalue weighted by Crippen LogP contribution is 2.25. The summed E-state index contributed by atoms with van der Waals surface area (Å²) in [6.45, 7) is 0. The Labute approximate surface area is 110 Å². The Morgan fingerprint density at radius 1 is 1.39 bits per heavy atom. The normalized spacial score (nSPS) is 12.4. The van der Waals surface area contributed by atoms with Crippen LogP contribution in [0.25, 0.3) is 0 Å². The summed E-state index contributed by atoms with van der Waals surface area (Å²) in [4.78, 5) is 4.04. The van der Waals surface area contributed by atoms with Crippen LogP contribution in [0.4, 0.5) is 4.39 Å². The van der Waals surface area contributed by atoms with E-state index < -0.39 is 0 Å². The Kier molecular flexibility index (Phi) is 4.25. The minimum Gasteiger partial charge on any atom is -0.271 e. The van der Waals surface area contributed by atoms with Gasteiger partial charge in [-0.05, 0) is 35.7 Å². The predicted octanol–water partition coefficient (Wildman–Crippen LogP) is 2.62. The van der Waals surface area contributed by atoms with Crippen LogP contribution in [0.2, 0.25) is 5.02 Å². The van der Waals surface area contributed by atoms with Gasteiger partial charge in [0.05, 0.1) is 6.04 Å². The fourth-order valence-electron chi connectivity index (χ4n) is 1.80. The van der Waals surface area contributed by atoms with Crippen molar-refractivity contribution in [1.82, 2.24) is 10.4 Å². The Bertz CT molecular complexity index is 519. The van der Waals surface area contributed by atoms with E-state index >= 15 is 0 Å². The number of nitrogens with two attached hydrogens (primary N) is 1. The van der Waals surface area contributed by atoms with E-state index in [1.807, 2.05) is 12.1 Å². The lowest BCUT2D eigenvalue weighted by Crippen LogP contribution is -2.29. The summed E-state index contributed by atoms with van der Waals surface area (Å²) in [5.74, 6) is 5.18. The lowest BCUT2D eigenvalue weighted by molar-refractivity contribution is 0.549. The first-order chi connectivity index (χ1) is 8.70. The van der Waals surface area contributed by atoms with Gasteiger partial charge in [0.2, 0.25) is 0 Å². The largest absolute Gasteiger partial charge is 0.271 e. The molecular weight excluding hydrogens is 253 g/mol. The number of hydrogen-bond acceptors (Lipinski definition) is 3. The first-order valence-electron chi connectivity index (χ1n) is 5.50. The molecule has 0 saturated carbocycles. The van der Waals surface area contributed by atoms with Crippen LogP contribution in [0.15, 0.2) is 42.7 Å². The van der Waals surface area contributed by atoms with Gasteiger partial charge in [0.25, 0.3) is 0 Å². The molecule has 1 heterocycles. The third kappa shape index (κ3) is 3.04. The van der Waals surface area contributed by atoms with E-state index in [0.717, 1.165) is 11.1 Å². The molecule has 18 heavy (non-hydrogen) atoms. The molecule has 1 aromatic heterocycles. The topological polar surface area (TPSA) is 50.9 Å². The van der Waals surface area contributed by atoms with E-state index in [1.54, 1.807) is 18.5 Å². The summed E-state index contributed by atoms with van der Waals surface area (Å²) in [5, 5.41) is 0.363. The first kappa shape index (κ1) is 13.0. The predicted molar refractivity (Wildman–Crippen MR) is 69.4 cm³/mol.